The lowest BCUT2D eigenvalue weighted by Crippen LogP contribution is -2.28. The number of hydrogen-bond donors (Lipinski definition) is 1. The predicted octanol–water partition coefficient (Wildman–Crippen LogP) is 2.79. The quantitative estimate of drug-likeness (QED) is 0.902. The molecular weight excluding hydrogens is 233 g/mol. The Hall–Kier alpha value is -1.56. The van der Waals surface area contributed by atoms with Crippen LogP contribution in [0.25, 0.3) is 11.1 Å². The van der Waals surface area contributed by atoms with Crippen molar-refractivity contribution in [3.8, 4) is 0 Å². The van der Waals surface area contributed by atoms with E-state index in [0.29, 0.717) is 17.0 Å². The molecule has 0 amide bonds. The van der Waals surface area contributed by atoms with Crippen LogP contribution in [0.4, 0.5) is 13.2 Å². The smallest absolute Gasteiger partial charge is 0.401 e. The number of alkyl halides is 3. The standard InChI is InChI=1S/C11H11F3N2O/c1-7-16-9-3-2-8(4-10(9)17-7)5-15-6-11(12,13)14/h2-4,15H,5-6H2,1H3. The number of benzene rings is 1. The molecule has 92 valence electrons. The molecule has 0 aliphatic carbocycles. The molecule has 1 heterocycles. The number of fused-ring (bicyclic) bond motifs is 1. The average Bonchev–Trinajstić information content (AvgIpc) is 2.55. The maximum absolute atomic E-state index is 11.9. The predicted molar refractivity (Wildman–Crippen MR) is 56.5 cm³/mol. The number of oxazole rings is 1. The summed E-state index contributed by atoms with van der Waals surface area (Å²) in [7, 11) is 0. The molecule has 2 aromatic rings. The van der Waals surface area contributed by atoms with E-state index >= 15 is 0 Å². The molecular formula is C11H11F3N2O. The van der Waals surface area contributed by atoms with Gasteiger partial charge < -0.3 is 9.73 Å². The molecule has 0 fully saturated rings. The van der Waals surface area contributed by atoms with E-state index in [4.69, 9.17) is 4.42 Å². The molecule has 3 nitrogen and oxygen atoms in total. The second-order valence-electron chi connectivity index (χ2n) is 3.75. The Morgan fingerprint density at radius 1 is 1.35 bits per heavy atom. The second-order valence-corrected chi connectivity index (χ2v) is 3.75. The third kappa shape index (κ3) is 3.20. The third-order valence-electron chi connectivity index (χ3n) is 2.21. The first kappa shape index (κ1) is 11.9. The minimum absolute atomic E-state index is 0.148. The molecule has 1 aromatic carbocycles. The van der Waals surface area contributed by atoms with E-state index in [1.165, 1.54) is 0 Å². The fourth-order valence-electron chi connectivity index (χ4n) is 1.54. The number of hydrogen-bond acceptors (Lipinski definition) is 3. The Morgan fingerprint density at radius 3 is 2.82 bits per heavy atom. The molecule has 0 aliphatic rings. The molecule has 0 unspecified atom stereocenters. The summed E-state index contributed by atoms with van der Waals surface area (Å²) in [6.07, 6.45) is -4.19. The van der Waals surface area contributed by atoms with Gasteiger partial charge in [-0.05, 0) is 17.7 Å². The van der Waals surface area contributed by atoms with Crippen LogP contribution in [-0.2, 0) is 6.54 Å². The highest BCUT2D eigenvalue weighted by atomic mass is 19.4. The van der Waals surface area contributed by atoms with Gasteiger partial charge in [0.2, 0.25) is 0 Å². The minimum Gasteiger partial charge on any atom is -0.441 e. The maximum atomic E-state index is 11.9. The Labute approximate surface area is 95.6 Å². The van der Waals surface area contributed by atoms with Crippen LogP contribution in [0.1, 0.15) is 11.5 Å². The molecule has 0 saturated carbocycles. The zero-order valence-corrected chi connectivity index (χ0v) is 9.14. The van der Waals surface area contributed by atoms with Gasteiger partial charge in [0.1, 0.15) is 5.52 Å². The lowest BCUT2D eigenvalue weighted by molar-refractivity contribution is -0.125. The lowest BCUT2D eigenvalue weighted by Gasteiger charge is -2.07. The average molecular weight is 244 g/mol. The lowest BCUT2D eigenvalue weighted by atomic mass is 10.2. The highest BCUT2D eigenvalue weighted by molar-refractivity contribution is 5.73. The van der Waals surface area contributed by atoms with E-state index in [0.717, 1.165) is 5.56 Å². The van der Waals surface area contributed by atoms with Crippen LogP contribution >= 0.6 is 0 Å². The van der Waals surface area contributed by atoms with Crippen LogP contribution in [0.15, 0.2) is 22.6 Å². The van der Waals surface area contributed by atoms with Gasteiger partial charge in [0, 0.05) is 13.5 Å². The van der Waals surface area contributed by atoms with E-state index in [-0.39, 0.29) is 6.54 Å². The third-order valence-corrected chi connectivity index (χ3v) is 2.21. The van der Waals surface area contributed by atoms with Crippen molar-refractivity contribution in [3.05, 3.63) is 29.7 Å². The molecule has 0 atom stereocenters. The summed E-state index contributed by atoms with van der Waals surface area (Å²) in [4.78, 5) is 4.11. The SMILES string of the molecule is Cc1nc2ccc(CNCC(F)(F)F)cc2o1. The maximum Gasteiger partial charge on any atom is 0.401 e. The first-order valence-electron chi connectivity index (χ1n) is 5.07. The molecule has 17 heavy (non-hydrogen) atoms. The molecule has 0 spiro atoms. The summed E-state index contributed by atoms with van der Waals surface area (Å²) in [6.45, 7) is 0.872. The highest BCUT2D eigenvalue weighted by Gasteiger charge is 2.26. The Morgan fingerprint density at radius 2 is 2.12 bits per heavy atom. The van der Waals surface area contributed by atoms with E-state index in [9.17, 15) is 13.2 Å². The summed E-state index contributed by atoms with van der Waals surface area (Å²) >= 11 is 0. The Kier molecular flexibility index (Phi) is 3.06. The van der Waals surface area contributed by atoms with Crippen molar-refractivity contribution in [2.75, 3.05) is 6.54 Å². The minimum atomic E-state index is -4.19. The van der Waals surface area contributed by atoms with Gasteiger partial charge in [0.25, 0.3) is 0 Å². The number of aromatic nitrogens is 1. The Bertz CT molecular complexity index is 519. The van der Waals surface area contributed by atoms with E-state index in [1.54, 1.807) is 25.1 Å². The van der Waals surface area contributed by atoms with Gasteiger partial charge in [-0.3, -0.25) is 0 Å². The van der Waals surface area contributed by atoms with E-state index in [1.807, 2.05) is 0 Å². The van der Waals surface area contributed by atoms with E-state index < -0.39 is 12.7 Å². The molecule has 0 bridgehead atoms. The van der Waals surface area contributed by atoms with Gasteiger partial charge in [-0.25, -0.2) is 4.98 Å². The zero-order chi connectivity index (χ0) is 12.5. The number of nitrogens with zero attached hydrogens (tertiary/aromatic N) is 1. The van der Waals surface area contributed by atoms with Gasteiger partial charge in [0.05, 0.1) is 6.54 Å². The highest BCUT2D eigenvalue weighted by Crippen LogP contribution is 2.17. The number of halogens is 3. The first-order valence-corrected chi connectivity index (χ1v) is 5.07. The van der Waals surface area contributed by atoms with Crippen LogP contribution in [0.2, 0.25) is 0 Å². The van der Waals surface area contributed by atoms with Crippen molar-refractivity contribution >= 4 is 11.1 Å². The summed E-state index contributed by atoms with van der Waals surface area (Å²) in [6, 6.07) is 5.16. The molecule has 1 N–H and O–H groups in total. The number of aryl methyl sites for hydroxylation is 1. The first-order chi connectivity index (χ1) is 7.94. The van der Waals surface area contributed by atoms with Crippen molar-refractivity contribution in [1.29, 1.82) is 0 Å². The zero-order valence-electron chi connectivity index (χ0n) is 9.14. The van der Waals surface area contributed by atoms with Gasteiger partial charge in [-0.1, -0.05) is 6.07 Å². The number of rotatable bonds is 3. The van der Waals surface area contributed by atoms with Crippen molar-refractivity contribution in [2.24, 2.45) is 0 Å². The molecule has 1 aromatic heterocycles. The second kappa shape index (κ2) is 4.37. The number of nitrogens with one attached hydrogen (secondary N) is 1. The topological polar surface area (TPSA) is 38.1 Å². The molecule has 2 rings (SSSR count). The fraction of sp³-hybridized carbons (Fsp3) is 0.364. The van der Waals surface area contributed by atoms with Gasteiger partial charge in [-0.2, -0.15) is 13.2 Å². The fourth-order valence-corrected chi connectivity index (χ4v) is 1.54. The van der Waals surface area contributed by atoms with Crippen LogP contribution in [0, 0.1) is 6.92 Å². The molecule has 0 radical (unpaired) electrons. The Balaban J connectivity index is 2.04. The van der Waals surface area contributed by atoms with E-state index in [2.05, 4.69) is 10.3 Å². The monoisotopic (exact) mass is 244 g/mol. The summed E-state index contributed by atoms with van der Waals surface area (Å²) in [5.41, 5.74) is 2.04. The molecule has 0 saturated heterocycles. The summed E-state index contributed by atoms with van der Waals surface area (Å²) in [5.74, 6) is 0.542. The molecule has 6 heteroatoms. The van der Waals surface area contributed by atoms with Crippen LogP contribution < -0.4 is 5.32 Å². The van der Waals surface area contributed by atoms with Crippen molar-refractivity contribution in [1.82, 2.24) is 10.3 Å². The van der Waals surface area contributed by atoms with Crippen molar-refractivity contribution in [2.45, 2.75) is 19.6 Å². The van der Waals surface area contributed by atoms with Gasteiger partial charge >= 0.3 is 6.18 Å². The van der Waals surface area contributed by atoms with Gasteiger partial charge in [-0.15, -0.1) is 0 Å². The van der Waals surface area contributed by atoms with Crippen LogP contribution in [-0.4, -0.2) is 17.7 Å². The summed E-state index contributed by atoms with van der Waals surface area (Å²) in [5, 5.41) is 2.33. The van der Waals surface area contributed by atoms with Crippen LogP contribution in [0.3, 0.4) is 0 Å². The van der Waals surface area contributed by atoms with Crippen molar-refractivity contribution in [3.63, 3.8) is 0 Å². The molecule has 0 aliphatic heterocycles. The van der Waals surface area contributed by atoms with Crippen LogP contribution in [0.5, 0.6) is 0 Å². The van der Waals surface area contributed by atoms with Crippen molar-refractivity contribution < 1.29 is 17.6 Å². The normalized spacial score (nSPS) is 12.2. The summed E-state index contributed by atoms with van der Waals surface area (Å²) < 4.78 is 41.1. The largest absolute Gasteiger partial charge is 0.441 e. The van der Waals surface area contributed by atoms with Gasteiger partial charge in [0.15, 0.2) is 11.5 Å².